The second-order valence-corrected chi connectivity index (χ2v) is 8.74. The minimum absolute atomic E-state index is 0.0346. The Kier molecular flexibility index (Phi) is 4.49. The van der Waals surface area contributed by atoms with E-state index in [9.17, 15) is 8.42 Å². The highest BCUT2D eigenvalue weighted by molar-refractivity contribution is 7.88. The molecule has 0 aliphatic carbocycles. The summed E-state index contributed by atoms with van der Waals surface area (Å²) < 4.78 is 25.8. The minimum Gasteiger partial charge on any atom is -0.361 e. The zero-order valence-electron chi connectivity index (χ0n) is 14.0. The first-order valence-corrected chi connectivity index (χ1v) is 9.88. The monoisotopic (exact) mass is 335 g/mol. The molecule has 1 aliphatic heterocycles. The molecule has 1 saturated heterocycles. The lowest BCUT2D eigenvalue weighted by Gasteiger charge is -2.39. The zero-order valence-corrected chi connectivity index (χ0v) is 14.8. The van der Waals surface area contributed by atoms with Crippen molar-refractivity contribution < 1.29 is 8.42 Å². The van der Waals surface area contributed by atoms with Crippen molar-refractivity contribution in [3.8, 4) is 0 Å². The Balaban J connectivity index is 1.89. The molecule has 2 unspecified atom stereocenters. The van der Waals surface area contributed by atoms with Crippen LogP contribution in [0.25, 0.3) is 10.9 Å². The number of aromatic amines is 1. The van der Waals surface area contributed by atoms with Gasteiger partial charge >= 0.3 is 0 Å². The molecule has 23 heavy (non-hydrogen) atoms. The van der Waals surface area contributed by atoms with Gasteiger partial charge in [-0.2, -0.15) is 4.31 Å². The van der Waals surface area contributed by atoms with Crippen LogP contribution in [0.2, 0.25) is 0 Å². The van der Waals surface area contributed by atoms with Crippen LogP contribution in [0.1, 0.15) is 24.3 Å². The normalized spacial score (nSPS) is 23.7. The van der Waals surface area contributed by atoms with Crippen LogP contribution in [-0.2, 0) is 10.0 Å². The van der Waals surface area contributed by atoms with E-state index in [1.165, 1.54) is 17.2 Å². The van der Waals surface area contributed by atoms with Crippen molar-refractivity contribution in [2.45, 2.75) is 24.8 Å². The van der Waals surface area contributed by atoms with E-state index in [2.05, 4.69) is 34.3 Å². The number of nitrogens with zero attached hydrogens (tertiary/aromatic N) is 2. The van der Waals surface area contributed by atoms with Crippen LogP contribution in [0, 0.1) is 0 Å². The number of piperidine rings is 1. The highest BCUT2D eigenvalue weighted by Crippen LogP contribution is 2.36. The summed E-state index contributed by atoms with van der Waals surface area (Å²) in [5, 5.41) is 1.26. The van der Waals surface area contributed by atoms with Gasteiger partial charge < -0.3 is 9.88 Å². The third-order valence-corrected chi connectivity index (χ3v) is 6.06. The number of rotatable bonds is 4. The number of benzene rings is 1. The molecule has 2 aromatic rings. The van der Waals surface area contributed by atoms with Gasteiger partial charge in [-0.15, -0.1) is 0 Å². The average Bonchev–Trinajstić information content (AvgIpc) is 2.89. The highest BCUT2D eigenvalue weighted by atomic mass is 32.2. The van der Waals surface area contributed by atoms with Crippen molar-refractivity contribution in [2.24, 2.45) is 0 Å². The van der Waals surface area contributed by atoms with Crippen molar-refractivity contribution in [3.05, 3.63) is 36.0 Å². The Morgan fingerprint density at radius 3 is 2.74 bits per heavy atom. The fourth-order valence-corrected chi connectivity index (χ4v) is 4.90. The summed E-state index contributed by atoms with van der Waals surface area (Å²) in [7, 11) is 0.835. The van der Waals surface area contributed by atoms with Gasteiger partial charge in [-0.25, -0.2) is 8.42 Å². The standard InChI is InChI=1S/C17H25N3O2S/c1-19(2)12-14-10-13(8-9-20(14)23(3,21)22)16-11-18-17-7-5-4-6-15(16)17/h4-7,11,13-14,18H,8-10,12H2,1-3H3. The van der Waals surface area contributed by atoms with Crippen molar-refractivity contribution >= 4 is 20.9 Å². The van der Waals surface area contributed by atoms with Crippen LogP contribution in [0.15, 0.2) is 30.5 Å². The number of hydrogen-bond acceptors (Lipinski definition) is 3. The molecule has 0 bridgehead atoms. The molecule has 1 aromatic carbocycles. The third kappa shape index (κ3) is 3.44. The number of sulfonamides is 1. The van der Waals surface area contributed by atoms with Crippen molar-refractivity contribution in [2.75, 3.05) is 33.4 Å². The second kappa shape index (κ2) is 6.26. The van der Waals surface area contributed by atoms with E-state index in [0.29, 0.717) is 12.5 Å². The molecule has 2 atom stereocenters. The SMILES string of the molecule is CN(C)CC1CC(c2c[nH]c3ccccc23)CCN1S(C)(=O)=O. The van der Waals surface area contributed by atoms with Crippen LogP contribution in [0.4, 0.5) is 0 Å². The first-order valence-electron chi connectivity index (χ1n) is 8.04. The summed E-state index contributed by atoms with van der Waals surface area (Å²) in [6.45, 7) is 1.35. The Morgan fingerprint density at radius 1 is 1.30 bits per heavy atom. The smallest absolute Gasteiger partial charge is 0.211 e. The number of aromatic nitrogens is 1. The molecule has 1 aromatic heterocycles. The predicted octanol–water partition coefficient (Wildman–Crippen LogP) is 2.24. The lowest BCUT2D eigenvalue weighted by Crippen LogP contribution is -2.49. The van der Waals surface area contributed by atoms with E-state index in [1.54, 1.807) is 4.31 Å². The van der Waals surface area contributed by atoms with Gasteiger partial charge in [0.15, 0.2) is 0 Å². The molecule has 0 saturated carbocycles. The molecular weight excluding hydrogens is 310 g/mol. The third-order valence-electron chi connectivity index (χ3n) is 4.72. The Bertz CT molecular complexity index is 782. The summed E-state index contributed by atoms with van der Waals surface area (Å²) >= 11 is 0. The van der Waals surface area contributed by atoms with Gasteiger partial charge in [0.1, 0.15) is 0 Å². The lowest BCUT2D eigenvalue weighted by atomic mass is 9.86. The number of likely N-dealkylation sites (N-methyl/N-ethyl adjacent to an activating group) is 1. The first-order chi connectivity index (χ1) is 10.9. The van der Waals surface area contributed by atoms with Gasteiger partial charge in [0.05, 0.1) is 6.26 Å². The van der Waals surface area contributed by atoms with Crippen molar-refractivity contribution in [1.82, 2.24) is 14.2 Å². The van der Waals surface area contributed by atoms with E-state index in [-0.39, 0.29) is 6.04 Å². The molecule has 1 N–H and O–H groups in total. The predicted molar refractivity (Wildman–Crippen MR) is 94.2 cm³/mol. The van der Waals surface area contributed by atoms with E-state index >= 15 is 0 Å². The second-order valence-electron chi connectivity index (χ2n) is 6.80. The maximum Gasteiger partial charge on any atom is 0.211 e. The average molecular weight is 335 g/mol. The van der Waals surface area contributed by atoms with E-state index in [1.807, 2.05) is 20.2 Å². The number of hydrogen-bond donors (Lipinski definition) is 1. The number of nitrogens with one attached hydrogen (secondary N) is 1. The summed E-state index contributed by atoms with van der Waals surface area (Å²) in [4.78, 5) is 5.41. The molecule has 6 heteroatoms. The molecule has 0 radical (unpaired) electrons. The van der Waals surface area contributed by atoms with Gasteiger partial charge in [-0.3, -0.25) is 0 Å². The van der Waals surface area contributed by atoms with Gasteiger partial charge in [0.2, 0.25) is 10.0 Å². The minimum atomic E-state index is -3.16. The Morgan fingerprint density at radius 2 is 2.04 bits per heavy atom. The molecule has 0 amide bonds. The topological polar surface area (TPSA) is 56.4 Å². The van der Waals surface area contributed by atoms with Crippen molar-refractivity contribution in [1.29, 1.82) is 0 Å². The summed E-state index contributed by atoms with van der Waals surface area (Å²) in [6.07, 6.45) is 5.16. The Labute approximate surface area is 138 Å². The van der Waals surface area contributed by atoms with Crippen LogP contribution < -0.4 is 0 Å². The van der Waals surface area contributed by atoms with Gasteiger partial charge in [-0.05, 0) is 44.5 Å². The first kappa shape index (κ1) is 16.5. The quantitative estimate of drug-likeness (QED) is 0.932. The molecule has 1 aliphatic rings. The molecule has 3 rings (SSSR count). The molecule has 1 fully saturated rings. The van der Waals surface area contributed by atoms with Crippen LogP contribution >= 0.6 is 0 Å². The van der Waals surface area contributed by atoms with Gasteiger partial charge in [-0.1, -0.05) is 18.2 Å². The van der Waals surface area contributed by atoms with Crippen LogP contribution in [0.5, 0.6) is 0 Å². The number of fused-ring (bicyclic) bond motifs is 1. The number of H-pyrrole nitrogens is 1. The van der Waals surface area contributed by atoms with E-state index < -0.39 is 10.0 Å². The Hall–Kier alpha value is -1.37. The van der Waals surface area contributed by atoms with Crippen LogP contribution in [-0.4, -0.2) is 62.1 Å². The highest BCUT2D eigenvalue weighted by Gasteiger charge is 2.35. The zero-order chi connectivity index (χ0) is 16.6. The summed E-state index contributed by atoms with van der Waals surface area (Å²) in [5.41, 5.74) is 2.47. The molecule has 2 heterocycles. The van der Waals surface area contributed by atoms with Gasteiger partial charge in [0.25, 0.3) is 0 Å². The molecular formula is C17H25N3O2S. The van der Waals surface area contributed by atoms with Crippen LogP contribution in [0.3, 0.4) is 0 Å². The molecule has 126 valence electrons. The van der Waals surface area contributed by atoms with Gasteiger partial charge in [0, 0.05) is 36.2 Å². The maximum atomic E-state index is 12.1. The van der Waals surface area contributed by atoms with E-state index in [0.717, 1.165) is 24.9 Å². The maximum absolute atomic E-state index is 12.1. The summed E-state index contributed by atoms with van der Waals surface area (Å²) in [6, 6.07) is 8.35. The van der Waals surface area contributed by atoms with Crippen molar-refractivity contribution in [3.63, 3.8) is 0 Å². The fraction of sp³-hybridized carbons (Fsp3) is 0.529. The largest absolute Gasteiger partial charge is 0.361 e. The molecule has 5 nitrogen and oxygen atoms in total. The summed E-state index contributed by atoms with van der Waals surface area (Å²) in [5.74, 6) is 0.397. The van der Waals surface area contributed by atoms with E-state index in [4.69, 9.17) is 0 Å². The fourth-order valence-electron chi connectivity index (χ4n) is 3.77. The lowest BCUT2D eigenvalue weighted by molar-refractivity contribution is 0.191. The number of para-hydroxylation sites is 1. The molecule has 0 spiro atoms.